The molecule has 0 bridgehead atoms. The third-order valence-corrected chi connectivity index (χ3v) is 7.97. The number of aliphatic hydroxyl groups is 1. The van der Waals surface area contributed by atoms with E-state index in [-0.39, 0.29) is 13.0 Å². The van der Waals surface area contributed by atoms with Gasteiger partial charge >= 0.3 is 7.60 Å². The summed E-state index contributed by atoms with van der Waals surface area (Å²) in [6.07, 6.45) is 31.3. The molecule has 0 aromatic carbocycles. The molecule has 208 valence electrons. The summed E-state index contributed by atoms with van der Waals surface area (Å²) in [5.74, 6) is 0. The molecule has 1 unspecified atom stereocenters. The van der Waals surface area contributed by atoms with E-state index in [1.54, 1.807) is 0 Å². The molecule has 0 spiro atoms. The van der Waals surface area contributed by atoms with Crippen LogP contribution in [-0.2, 0) is 4.57 Å². The van der Waals surface area contributed by atoms with E-state index in [9.17, 15) is 19.5 Å². The number of allylic oxidation sites excluding steroid dienone is 4. The Balaban J connectivity index is 3.60. The summed E-state index contributed by atoms with van der Waals surface area (Å²) < 4.78 is 12.1. The Hall–Kier alpha value is -0.450. The van der Waals surface area contributed by atoms with Gasteiger partial charge in [-0.2, -0.15) is 0 Å². The van der Waals surface area contributed by atoms with Crippen molar-refractivity contribution in [1.29, 1.82) is 0 Å². The average Bonchev–Trinajstić information content (AvgIpc) is 2.75. The highest BCUT2D eigenvalue weighted by Crippen LogP contribution is 2.52. The molecule has 3 N–H and O–H groups in total. The maximum atomic E-state index is 11.8. The quantitative estimate of drug-likeness (QED) is 0.0524. The van der Waals surface area contributed by atoms with Crippen LogP contribution in [0.2, 0.25) is 0 Å². The van der Waals surface area contributed by atoms with Gasteiger partial charge < -0.3 is 19.4 Å². The van der Waals surface area contributed by atoms with Gasteiger partial charge in [-0.15, -0.1) is 0 Å². The lowest BCUT2D eigenvalue weighted by Gasteiger charge is -2.35. The van der Waals surface area contributed by atoms with E-state index in [4.69, 9.17) is 0 Å². The normalized spacial score (nSPS) is 14.8. The topological polar surface area (TPSA) is 77.8 Å². The Morgan fingerprint density at radius 1 is 0.629 bits per heavy atom. The summed E-state index contributed by atoms with van der Waals surface area (Å²) in [4.78, 5) is 19.2. The molecule has 0 amide bonds. The van der Waals surface area contributed by atoms with Gasteiger partial charge in [0.1, 0.15) is 6.54 Å². The number of hydrogen-bond donors (Lipinski definition) is 3. The SMILES string of the molecule is CCCCCCCCC/C=C\CC/C=C\CCCCCCCCCC(O)(C[N+](C)(C)C)P(=O)(O)O. The van der Waals surface area contributed by atoms with Crippen LogP contribution in [0.5, 0.6) is 0 Å². The molecular formula is C29H59NO4P+. The molecule has 0 aromatic heterocycles. The summed E-state index contributed by atoms with van der Waals surface area (Å²) in [6.45, 7) is 2.32. The molecule has 5 nitrogen and oxygen atoms in total. The van der Waals surface area contributed by atoms with Crippen LogP contribution < -0.4 is 0 Å². The lowest BCUT2D eigenvalue weighted by atomic mass is 10.0. The first-order chi connectivity index (χ1) is 16.5. The van der Waals surface area contributed by atoms with E-state index in [1.165, 1.54) is 70.6 Å². The monoisotopic (exact) mass is 516 g/mol. The molecule has 0 aromatic rings. The Morgan fingerprint density at radius 2 is 1.00 bits per heavy atom. The fourth-order valence-electron chi connectivity index (χ4n) is 4.51. The molecule has 6 heteroatoms. The molecule has 0 aliphatic carbocycles. The van der Waals surface area contributed by atoms with Crippen molar-refractivity contribution in [3.63, 3.8) is 0 Å². The molecule has 0 rings (SSSR count). The van der Waals surface area contributed by atoms with E-state index < -0.39 is 12.9 Å². The van der Waals surface area contributed by atoms with Crippen molar-refractivity contribution in [3.05, 3.63) is 24.3 Å². The van der Waals surface area contributed by atoms with Crippen LogP contribution in [0.1, 0.15) is 129 Å². The van der Waals surface area contributed by atoms with E-state index in [2.05, 4.69) is 31.2 Å². The van der Waals surface area contributed by atoms with Crippen molar-refractivity contribution in [1.82, 2.24) is 0 Å². The van der Waals surface area contributed by atoms with Crippen molar-refractivity contribution in [2.24, 2.45) is 0 Å². The standard InChI is InChI=1S/C29H58NO4P/c1-5-6-7-8-9-10-11-12-13-14-15-16-17-18-19-20-21-22-23-24-25-26-27-29(31,35(32,33)34)28-30(2,3)4/h13-14,17-18,31H,5-12,15-16,19-28H2,1-4H3,(H-,32,33,34)/p+1/b14-13-,18-17-. The van der Waals surface area contributed by atoms with Gasteiger partial charge in [0.15, 0.2) is 0 Å². The highest BCUT2D eigenvalue weighted by Gasteiger charge is 2.48. The highest BCUT2D eigenvalue weighted by atomic mass is 31.2. The van der Waals surface area contributed by atoms with Crippen LogP contribution in [0.4, 0.5) is 0 Å². The Labute approximate surface area is 217 Å². The minimum atomic E-state index is -4.55. The predicted octanol–water partition coefficient (Wildman–Crippen LogP) is 8.10. The smallest absolute Gasteiger partial charge is 0.362 e. The Kier molecular flexibility index (Phi) is 20.3. The third kappa shape index (κ3) is 21.4. The summed E-state index contributed by atoms with van der Waals surface area (Å²) in [5.41, 5.74) is 0. The number of likely N-dealkylation sites (N-methyl/N-ethyl adjacent to an activating group) is 1. The van der Waals surface area contributed by atoms with Gasteiger partial charge in [0, 0.05) is 0 Å². The molecule has 1 atom stereocenters. The number of rotatable bonds is 24. The van der Waals surface area contributed by atoms with Crippen molar-refractivity contribution in [2.45, 2.75) is 134 Å². The van der Waals surface area contributed by atoms with E-state index in [1.807, 2.05) is 21.1 Å². The van der Waals surface area contributed by atoms with Crippen LogP contribution in [0.15, 0.2) is 24.3 Å². The van der Waals surface area contributed by atoms with Gasteiger partial charge in [-0.25, -0.2) is 0 Å². The second kappa shape index (κ2) is 20.6. The third-order valence-electron chi connectivity index (χ3n) is 6.53. The molecule has 0 aliphatic rings. The molecular weight excluding hydrogens is 457 g/mol. The molecule has 0 saturated carbocycles. The molecule has 35 heavy (non-hydrogen) atoms. The first-order valence-electron chi connectivity index (χ1n) is 14.4. The van der Waals surface area contributed by atoms with Crippen molar-refractivity contribution in [2.75, 3.05) is 27.7 Å². The largest absolute Gasteiger partial charge is 0.373 e. The fraction of sp³-hybridized carbons (Fsp3) is 0.862. The zero-order valence-corrected chi connectivity index (χ0v) is 24.5. The van der Waals surface area contributed by atoms with Crippen molar-refractivity contribution >= 4 is 7.60 Å². The number of quaternary nitrogens is 1. The van der Waals surface area contributed by atoms with E-state index in [0.717, 1.165) is 38.5 Å². The van der Waals surface area contributed by atoms with Crippen LogP contribution in [0.3, 0.4) is 0 Å². The number of unbranched alkanes of at least 4 members (excludes halogenated alkanes) is 15. The lowest BCUT2D eigenvalue weighted by Crippen LogP contribution is -2.49. The molecule has 0 aliphatic heterocycles. The zero-order valence-electron chi connectivity index (χ0n) is 23.6. The van der Waals surface area contributed by atoms with Crippen molar-refractivity contribution in [3.8, 4) is 0 Å². The van der Waals surface area contributed by atoms with E-state index >= 15 is 0 Å². The minimum Gasteiger partial charge on any atom is -0.373 e. The van der Waals surface area contributed by atoms with Gasteiger partial charge in [-0.1, -0.05) is 102 Å². The van der Waals surface area contributed by atoms with Crippen LogP contribution in [0, 0.1) is 0 Å². The first-order valence-corrected chi connectivity index (χ1v) is 16.0. The highest BCUT2D eigenvalue weighted by molar-refractivity contribution is 7.53. The molecule has 0 saturated heterocycles. The molecule has 0 radical (unpaired) electrons. The number of hydrogen-bond acceptors (Lipinski definition) is 2. The maximum Gasteiger partial charge on any atom is 0.362 e. The van der Waals surface area contributed by atoms with Crippen molar-refractivity contribution < 1.29 is 23.9 Å². The lowest BCUT2D eigenvalue weighted by molar-refractivity contribution is -0.875. The van der Waals surface area contributed by atoms with Gasteiger partial charge in [0.05, 0.1) is 21.1 Å². The summed E-state index contributed by atoms with van der Waals surface area (Å²) in [6, 6.07) is 0. The second-order valence-electron chi connectivity index (χ2n) is 11.4. The summed E-state index contributed by atoms with van der Waals surface area (Å²) in [7, 11) is 0.965. The van der Waals surface area contributed by atoms with Crippen LogP contribution in [0.25, 0.3) is 0 Å². The van der Waals surface area contributed by atoms with Gasteiger partial charge in [0.25, 0.3) is 0 Å². The fourth-order valence-corrected chi connectivity index (χ4v) is 5.57. The zero-order chi connectivity index (χ0) is 26.5. The van der Waals surface area contributed by atoms with Gasteiger partial charge in [-0.3, -0.25) is 4.57 Å². The summed E-state index contributed by atoms with van der Waals surface area (Å²) in [5, 5.41) is 8.64. The van der Waals surface area contributed by atoms with Crippen LogP contribution >= 0.6 is 7.60 Å². The van der Waals surface area contributed by atoms with E-state index in [0.29, 0.717) is 10.9 Å². The second-order valence-corrected chi connectivity index (χ2v) is 13.3. The molecule has 0 fully saturated rings. The number of nitrogens with zero attached hydrogens (tertiary/aromatic N) is 1. The van der Waals surface area contributed by atoms with Crippen LogP contribution in [-0.4, -0.2) is 52.4 Å². The predicted molar refractivity (Wildman–Crippen MR) is 152 cm³/mol. The Bertz CT molecular complexity index is 594. The van der Waals surface area contributed by atoms with Gasteiger partial charge in [0.2, 0.25) is 5.34 Å². The van der Waals surface area contributed by atoms with Gasteiger partial charge in [-0.05, 0) is 51.4 Å². The average molecular weight is 517 g/mol. The minimum absolute atomic E-state index is 0.0559. The molecule has 0 heterocycles. The maximum absolute atomic E-state index is 11.8. The first kappa shape index (κ1) is 34.6. The summed E-state index contributed by atoms with van der Waals surface area (Å²) >= 11 is 0. The Morgan fingerprint density at radius 3 is 1.40 bits per heavy atom.